The Bertz CT molecular complexity index is 1010. The van der Waals surface area contributed by atoms with Crippen molar-refractivity contribution < 1.29 is 14.3 Å². The molecule has 0 bridgehead atoms. The molecule has 31 heavy (non-hydrogen) atoms. The summed E-state index contributed by atoms with van der Waals surface area (Å²) in [7, 11) is 1.56. The van der Waals surface area contributed by atoms with Crippen LogP contribution in [0.4, 0.5) is 16.2 Å². The van der Waals surface area contributed by atoms with E-state index >= 15 is 0 Å². The molecule has 3 amide bonds. The number of anilines is 2. The number of benzene rings is 3. The van der Waals surface area contributed by atoms with E-state index in [-0.39, 0.29) is 11.9 Å². The van der Waals surface area contributed by atoms with Gasteiger partial charge in [-0.3, -0.25) is 9.69 Å². The molecule has 0 saturated heterocycles. The van der Waals surface area contributed by atoms with E-state index in [2.05, 4.69) is 10.6 Å². The molecule has 3 aromatic rings. The molecule has 0 unspecified atom stereocenters. The number of carbonyl (C=O) groups is 2. The van der Waals surface area contributed by atoms with Gasteiger partial charge >= 0.3 is 6.03 Å². The smallest absolute Gasteiger partial charge is 0.326 e. The summed E-state index contributed by atoms with van der Waals surface area (Å²) in [5.41, 5.74) is 1.95. The molecule has 0 fully saturated rings. The molecule has 0 spiro atoms. The number of halogens is 1. The second-order valence-corrected chi connectivity index (χ2v) is 7.20. The minimum atomic E-state index is -0.257. The van der Waals surface area contributed by atoms with Gasteiger partial charge in [-0.25, -0.2) is 4.79 Å². The molecule has 0 aliphatic rings. The molecule has 0 saturated carbocycles. The Morgan fingerprint density at radius 2 is 1.71 bits per heavy atom. The SMILES string of the molecule is COc1cccc(C(=O)NCCCN(C(=O)Nc2ccc(Cl)cc2)c2ccccc2)c1. The molecule has 0 atom stereocenters. The van der Waals surface area contributed by atoms with Gasteiger partial charge < -0.3 is 15.4 Å². The van der Waals surface area contributed by atoms with Crippen molar-refractivity contribution in [3.63, 3.8) is 0 Å². The van der Waals surface area contributed by atoms with E-state index in [1.807, 2.05) is 30.3 Å². The van der Waals surface area contributed by atoms with Crippen LogP contribution in [0.5, 0.6) is 5.75 Å². The molecule has 7 heteroatoms. The normalized spacial score (nSPS) is 10.3. The number of rotatable bonds is 8. The van der Waals surface area contributed by atoms with Crippen molar-refractivity contribution in [1.29, 1.82) is 0 Å². The van der Waals surface area contributed by atoms with Crippen molar-refractivity contribution in [2.45, 2.75) is 6.42 Å². The Balaban J connectivity index is 1.59. The summed E-state index contributed by atoms with van der Waals surface area (Å²) < 4.78 is 5.15. The molecule has 6 nitrogen and oxygen atoms in total. The third kappa shape index (κ3) is 6.49. The lowest BCUT2D eigenvalue weighted by molar-refractivity contribution is 0.0953. The maximum atomic E-state index is 12.9. The van der Waals surface area contributed by atoms with E-state index in [0.717, 1.165) is 5.69 Å². The predicted octanol–water partition coefficient (Wildman–Crippen LogP) is 5.21. The zero-order valence-corrected chi connectivity index (χ0v) is 17.9. The number of nitrogens with zero attached hydrogens (tertiary/aromatic N) is 1. The summed E-state index contributed by atoms with van der Waals surface area (Å²) in [5.74, 6) is 0.442. The van der Waals surface area contributed by atoms with E-state index in [1.165, 1.54) is 0 Å². The lowest BCUT2D eigenvalue weighted by Crippen LogP contribution is -2.37. The molecule has 0 aromatic heterocycles. The summed E-state index contributed by atoms with van der Waals surface area (Å²) in [6.45, 7) is 0.857. The van der Waals surface area contributed by atoms with E-state index in [1.54, 1.807) is 60.5 Å². The number of methoxy groups -OCH3 is 1. The van der Waals surface area contributed by atoms with Crippen LogP contribution in [0.2, 0.25) is 5.02 Å². The highest BCUT2D eigenvalue weighted by Crippen LogP contribution is 2.18. The zero-order valence-electron chi connectivity index (χ0n) is 17.2. The molecule has 3 rings (SSSR count). The van der Waals surface area contributed by atoms with Crippen molar-refractivity contribution in [3.8, 4) is 5.75 Å². The maximum Gasteiger partial charge on any atom is 0.326 e. The lowest BCUT2D eigenvalue weighted by atomic mass is 10.2. The van der Waals surface area contributed by atoms with Crippen molar-refractivity contribution in [2.75, 3.05) is 30.4 Å². The molecule has 3 aromatic carbocycles. The molecule has 0 heterocycles. The predicted molar refractivity (Wildman–Crippen MR) is 124 cm³/mol. The molecule has 0 radical (unpaired) electrons. The summed E-state index contributed by atoms with van der Waals surface area (Å²) in [6.07, 6.45) is 0.582. The summed E-state index contributed by atoms with van der Waals surface area (Å²) in [5, 5.41) is 6.37. The standard InChI is InChI=1S/C24H24ClN3O3/c1-31-22-10-5-7-18(17-22)23(29)26-15-6-16-28(21-8-3-2-4-9-21)24(30)27-20-13-11-19(25)12-14-20/h2-5,7-14,17H,6,15-16H2,1H3,(H,26,29)(H,27,30). The first kappa shape index (κ1) is 22.2. The highest BCUT2D eigenvalue weighted by molar-refractivity contribution is 6.30. The first-order valence-corrected chi connectivity index (χ1v) is 10.3. The van der Waals surface area contributed by atoms with Crippen LogP contribution in [-0.2, 0) is 0 Å². The number of carbonyl (C=O) groups excluding carboxylic acids is 2. The van der Waals surface area contributed by atoms with Gasteiger partial charge in [0.05, 0.1) is 7.11 Å². The van der Waals surface area contributed by atoms with Crippen LogP contribution >= 0.6 is 11.6 Å². The number of amides is 3. The molecular weight excluding hydrogens is 414 g/mol. The first-order chi connectivity index (χ1) is 15.1. The van der Waals surface area contributed by atoms with Gasteiger partial charge in [0, 0.05) is 35.1 Å². The summed E-state index contributed by atoms with van der Waals surface area (Å²) >= 11 is 5.91. The largest absolute Gasteiger partial charge is 0.497 e. The topological polar surface area (TPSA) is 70.7 Å². The van der Waals surface area contributed by atoms with Crippen LogP contribution in [0.25, 0.3) is 0 Å². The van der Waals surface area contributed by atoms with E-state index in [9.17, 15) is 9.59 Å². The number of nitrogens with one attached hydrogen (secondary N) is 2. The fourth-order valence-electron chi connectivity index (χ4n) is 2.99. The van der Waals surface area contributed by atoms with Crippen LogP contribution in [0.3, 0.4) is 0 Å². The Morgan fingerprint density at radius 3 is 2.42 bits per heavy atom. The monoisotopic (exact) mass is 437 g/mol. The maximum absolute atomic E-state index is 12.9. The molecule has 0 aliphatic carbocycles. The van der Waals surface area contributed by atoms with E-state index in [4.69, 9.17) is 16.3 Å². The third-order valence-electron chi connectivity index (χ3n) is 4.58. The fourth-order valence-corrected chi connectivity index (χ4v) is 3.11. The second kappa shape index (κ2) is 11.0. The minimum absolute atomic E-state index is 0.184. The van der Waals surface area contributed by atoms with Crippen LogP contribution in [0, 0.1) is 0 Å². The van der Waals surface area contributed by atoms with Gasteiger partial charge in [-0.1, -0.05) is 35.9 Å². The molecule has 2 N–H and O–H groups in total. The van der Waals surface area contributed by atoms with Crippen molar-refractivity contribution in [1.82, 2.24) is 5.32 Å². The van der Waals surface area contributed by atoms with Gasteiger partial charge in [-0.2, -0.15) is 0 Å². The highest BCUT2D eigenvalue weighted by atomic mass is 35.5. The van der Waals surface area contributed by atoms with Gasteiger partial charge in [-0.05, 0) is 61.0 Å². The van der Waals surface area contributed by atoms with Gasteiger partial charge in [0.1, 0.15) is 5.75 Å². The number of hydrogen-bond donors (Lipinski definition) is 2. The van der Waals surface area contributed by atoms with Crippen LogP contribution in [0.15, 0.2) is 78.9 Å². The van der Waals surface area contributed by atoms with Gasteiger partial charge in [0.2, 0.25) is 0 Å². The Labute approximate surface area is 186 Å². The molecule has 0 aliphatic heterocycles. The fraction of sp³-hybridized carbons (Fsp3) is 0.167. The van der Waals surface area contributed by atoms with E-state index in [0.29, 0.717) is 41.5 Å². The van der Waals surface area contributed by atoms with Crippen LogP contribution < -0.4 is 20.3 Å². The quantitative estimate of drug-likeness (QED) is 0.475. The van der Waals surface area contributed by atoms with Crippen LogP contribution in [-0.4, -0.2) is 32.1 Å². The molecular formula is C24H24ClN3O3. The zero-order chi connectivity index (χ0) is 22.1. The lowest BCUT2D eigenvalue weighted by Gasteiger charge is -2.23. The van der Waals surface area contributed by atoms with Crippen molar-refractivity contribution >= 4 is 34.9 Å². The average Bonchev–Trinajstić information content (AvgIpc) is 2.81. The number of ether oxygens (including phenoxy) is 1. The van der Waals surface area contributed by atoms with E-state index < -0.39 is 0 Å². The van der Waals surface area contributed by atoms with Crippen molar-refractivity contribution in [2.24, 2.45) is 0 Å². The average molecular weight is 438 g/mol. The first-order valence-electron chi connectivity index (χ1n) is 9.88. The van der Waals surface area contributed by atoms with Crippen molar-refractivity contribution in [3.05, 3.63) is 89.4 Å². The second-order valence-electron chi connectivity index (χ2n) is 6.77. The Hall–Kier alpha value is -3.51. The number of hydrogen-bond acceptors (Lipinski definition) is 3. The number of urea groups is 1. The summed E-state index contributed by atoms with van der Waals surface area (Å²) in [4.78, 5) is 26.9. The van der Waals surface area contributed by atoms with Gasteiger partial charge in [0.25, 0.3) is 5.91 Å². The Morgan fingerprint density at radius 1 is 0.968 bits per heavy atom. The van der Waals surface area contributed by atoms with Gasteiger partial charge in [0.15, 0.2) is 0 Å². The van der Waals surface area contributed by atoms with Gasteiger partial charge in [-0.15, -0.1) is 0 Å². The number of para-hydroxylation sites is 1. The Kier molecular flexibility index (Phi) is 7.90. The minimum Gasteiger partial charge on any atom is -0.497 e. The van der Waals surface area contributed by atoms with Crippen LogP contribution in [0.1, 0.15) is 16.8 Å². The third-order valence-corrected chi connectivity index (χ3v) is 4.84. The molecule has 160 valence electrons. The summed E-state index contributed by atoms with van der Waals surface area (Å²) in [6, 6.07) is 23.0. The highest BCUT2D eigenvalue weighted by Gasteiger charge is 2.16.